The number of hydrogen-bond acceptors (Lipinski definition) is 4. The average Bonchev–Trinajstić information content (AvgIpc) is 3.71. The Labute approximate surface area is 326 Å². The Bertz CT molecular complexity index is 2540. The predicted octanol–water partition coefficient (Wildman–Crippen LogP) is 11.8. The van der Waals surface area contributed by atoms with Crippen molar-refractivity contribution in [3.8, 4) is 5.82 Å². The summed E-state index contributed by atoms with van der Waals surface area (Å²) in [5.74, 6) is 0.884. The van der Waals surface area contributed by atoms with E-state index in [1.165, 1.54) is 22.2 Å². The molecule has 0 radical (unpaired) electrons. The Hall–Kier alpha value is -5.64. The molecule has 0 spiro atoms. The van der Waals surface area contributed by atoms with Crippen LogP contribution in [0.15, 0.2) is 158 Å². The maximum atomic E-state index is 4.90. The molecule has 3 heterocycles. The van der Waals surface area contributed by atoms with E-state index < -0.39 is 0 Å². The zero-order valence-corrected chi connectivity index (χ0v) is 32.1. The molecule has 53 heavy (non-hydrogen) atoms. The molecule has 0 bridgehead atoms. The minimum atomic E-state index is -0.0118. The van der Waals surface area contributed by atoms with Gasteiger partial charge in [-0.05, 0) is 64.4 Å². The van der Waals surface area contributed by atoms with Crippen LogP contribution < -0.4 is 14.7 Å². The molecule has 1 aliphatic heterocycles. The Morgan fingerprint density at radius 3 is 2.15 bits per heavy atom. The van der Waals surface area contributed by atoms with Gasteiger partial charge in [0, 0.05) is 56.4 Å². The summed E-state index contributed by atoms with van der Waals surface area (Å²) >= 11 is 0. The van der Waals surface area contributed by atoms with Crippen molar-refractivity contribution in [3.05, 3.63) is 188 Å². The molecule has 0 saturated heterocycles. The molecule has 264 valence electrons. The number of fused-ring (bicyclic) bond motifs is 4. The summed E-state index contributed by atoms with van der Waals surface area (Å²) in [4.78, 5) is 11.7. The molecule has 0 unspecified atom stereocenters. The molecule has 0 amide bonds. The van der Waals surface area contributed by atoms with Gasteiger partial charge in [0.15, 0.2) is 0 Å². The number of para-hydroxylation sites is 4. The van der Waals surface area contributed by atoms with Crippen LogP contribution in [0.25, 0.3) is 27.6 Å². The van der Waals surface area contributed by atoms with E-state index in [1.54, 1.807) is 0 Å². The van der Waals surface area contributed by atoms with E-state index in [0.717, 1.165) is 57.2 Å². The van der Waals surface area contributed by atoms with Crippen molar-refractivity contribution < 1.29 is 21.1 Å². The first-order chi connectivity index (χ1) is 25.4. The minimum Gasteiger partial charge on any atom is -0.498 e. The van der Waals surface area contributed by atoms with Crippen molar-refractivity contribution in [2.75, 3.05) is 14.7 Å². The van der Waals surface area contributed by atoms with Crippen LogP contribution >= 0.6 is 0 Å². The standard InChI is InChI=1S/C47H38N5.Pt/c1-47(2,3)35-27-28-48-46(29-35)52-42-22-11-10-21-40(42)41-26-25-39(31-45(41)52)51(36-17-8-5-9-18-36)38-20-14-19-37(30-38)50-33-49(32-34-15-6-4-7-16-34)43-23-12-13-24-44(43)50;/h4-29,33H,32H2,1-3H3;/q-3;. The second kappa shape index (κ2) is 14.1. The molecule has 6 aromatic carbocycles. The summed E-state index contributed by atoms with van der Waals surface area (Å²) in [5, 5.41) is 2.31. The molecular weight excluding hydrogens is 830 g/mol. The van der Waals surface area contributed by atoms with Crippen molar-refractivity contribution in [1.82, 2.24) is 9.55 Å². The van der Waals surface area contributed by atoms with Gasteiger partial charge in [-0.3, -0.25) is 0 Å². The number of pyridine rings is 1. The Kier molecular flexibility index (Phi) is 9.14. The van der Waals surface area contributed by atoms with Crippen LogP contribution in [0.3, 0.4) is 0 Å². The first-order valence-electron chi connectivity index (χ1n) is 17.8. The van der Waals surface area contributed by atoms with E-state index in [1.807, 2.05) is 6.20 Å². The molecule has 0 aliphatic carbocycles. The smallest absolute Gasteiger partial charge is 0.135 e. The third kappa shape index (κ3) is 6.40. The first kappa shape index (κ1) is 34.4. The molecular formula is C47H38N5Pt-3. The summed E-state index contributed by atoms with van der Waals surface area (Å²) in [6.45, 7) is 9.69. The van der Waals surface area contributed by atoms with Crippen molar-refractivity contribution in [2.24, 2.45) is 0 Å². The normalized spacial score (nSPS) is 12.6. The Morgan fingerprint density at radius 2 is 1.36 bits per heavy atom. The molecule has 0 N–H and O–H groups in total. The largest absolute Gasteiger partial charge is 0.498 e. The third-order valence-electron chi connectivity index (χ3n) is 9.83. The van der Waals surface area contributed by atoms with Crippen LogP contribution in [0.5, 0.6) is 0 Å². The van der Waals surface area contributed by atoms with Crippen LogP contribution in [0.4, 0.5) is 34.1 Å². The molecule has 1 aliphatic rings. The Morgan fingerprint density at radius 1 is 0.660 bits per heavy atom. The fourth-order valence-electron chi connectivity index (χ4n) is 7.23. The third-order valence-corrected chi connectivity index (χ3v) is 9.83. The molecule has 8 aromatic rings. The van der Waals surface area contributed by atoms with Crippen molar-refractivity contribution in [3.63, 3.8) is 0 Å². The van der Waals surface area contributed by atoms with Crippen LogP contribution in [-0.4, -0.2) is 9.55 Å². The van der Waals surface area contributed by atoms with Crippen LogP contribution in [0.1, 0.15) is 31.9 Å². The second-order valence-electron chi connectivity index (χ2n) is 14.3. The summed E-state index contributed by atoms with van der Waals surface area (Å²) in [6, 6.07) is 61.0. The van der Waals surface area contributed by atoms with Gasteiger partial charge in [-0.25, -0.2) is 4.98 Å². The quantitative estimate of drug-likeness (QED) is 0.149. The van der Waals surface area contributed by atoms with Gasteiger partial charge < -0.3 is 19.3 Å². The number of nitrogens with zero attached hydrogens (tertiary/aromatic N) is 5. The Balaban J connectivity index is 0.00000400. The van der Waals surface area contributed by atoms with Gasteiger partial charge in [-0.2, -0.15) is 18.8 Å². The molecule has 5 nitrogen and oxygen atoms in total. The molecule has 0 fully saturated rings. The number of anilines is 6. The van der Waals surface area contributed by atoms with E-state index >= 15 is 0 Å². The summed E-state index contributed by atoms with van der Waals surface area (Å²) < 4.78 is 2.25. The van der Waals surface area contributed by atoms with Gasteiger partial charge in [0.05, 0.1) is 0 Å². The fourth-order valence-corrected chi connectivity index (χ4v) is 7.23. The monoisotopic (exact) mass is 867 g/mol. The van der Waals surface area contributed by atoms with Crippen LogP contribution in [0.2, 0.25) is 0 Å². The average molecular weight is 868 g/mol. The van der Waals surface area contributed by atoms with Gasteiger partial charge >= 0.3 is 0 Å². The van der Waals surface area contributed by atoms with Crippen LogP contribution in [-0.2, 0) is 33.0 Å². The molecule has 6 heteroatoms. The van der Waals surface area contributed by atoms with E-state index in [9.17, 15) is 0 Å². The summed E-state index contributed by atoms with van der Waals surface area (Å²) in [5.41, 5.74) is 10.7. The first-order valence-corrected chi connectivity index (χ1v) is 17.8. The summed E-state index contributed by atoms with van der Waals surface area (Å²) in [7, 11) is 0. The zero-order chi connectivity index (χ0) is 35.2. The maximum absolute atomic E-state index is 4.90. The van der Waals surface area contributed by atoms with E-state index in [4.69, 9.17) is 4.98 Å². The van der Waals surface area contributed by atoms with Gasteiger partial charge in [0.1, 0.15) is 5.82 Å². The maximum Gasteiger partial charge on any atom is 0.135 e. The van der Waals surface area contributed by atoms with E-state index in [-0.39, 0.29) is 26.5 Å². The van der Waals surface area contributed by atoms with Gasteiger partial charge in [-0.1, -0.05) is 117 Å². The van der Waals surface area contributed by atoms with Gasteiger partial charge in [0.2, 0.25) is 0 Å². The molecule has 2 aromatic heterocycles. The topological polar surface area (TPSA) is 27.5 Å². The number of aromatic nitrogens is 2. The summed E-state index contributed by atoms with van der Waals surface area (Å²) in [6.07, 6.45) is 1.92. The van der Waals surface area contributed by atoms with Gasteiger partial charge in [-0.15, -0.1) is 41.4 Å². The van der Waals surface area contributed by atoms with Crippen molar-refractivity contribution in [2.45, 2.75) is 32.7 Å². The number of rotatable bonds is 7. The number of benzene rings is 6. The van der Waals surface area contributed by atoms with E-state index in [0.29, 0.717) is 0 Å². The number of hydrogen-bond donors (Lipinski definition) is 0. The van der Waals surface area contributed by atoms with Crippen LogP contribution in [0, 0.1) is 18.8 Å². The minimum absolute atomic E-state index is 0. The van der Waals surface area contributed by atoms with E-state index in [2.05, 4.69) is 210 Å². The van der Waals surface area contributed by atoms with Crippen molar-refractivity contribution in [1.29, 1.82) is 0 Å². The zero-order valence-electron chi connectivity index (χ0n) is 29.8. The van der Waals surface area contributed by atoms with Crippen molar-refractivity contribution >= 4 is 55.9 Å². The second-order valence-corrected chi connectivity index (χ2v) is 14.3. The molecule has 0 saturated carbocycles. The van der Waals surface area contributed by atoms with Gasteiger partial charge in [0.25, 0.3) is 0 Å². The predicted molar refractivity (Wildman–Crippen MR) is 215 cm³/mol. The fraction of sp³-hybridized carbons (Fsp3) is 0.106. The SMILES string of the molecule is CC(C)(C)c1ccnc(-n2c3[c-]c(N(c4[c-]c(N5[CH-]N(Cc6ccccc6)c6ccccc65)ccc4)c4ccccc4)ccc3c3ccccc32)c1.[Pt]. The molecule has 0 atom stereocenters. The molecule has 9 rings (SSSR count).